The molecule has 0 atom stereocenters. The quantitative estimate of drug-likeness (QED) is 0.162. The molecular weight excluding hydrogens is 388 g/mol. The molecule has 0 N–H and O–H groups in total. The van der Waals surface area contributed by atoms with E-state index in [1.807, 2.05) is 0 Å². The number of hydrogen-bond acceptors (Lipinski definition) is 4. The van der Waals surface area contributed by atoms with Crippen molar-refractivity contribution in [3.63, 3.8) is 0 Å². The van der Waals surface area contributed by atoms with Crippen LogP contribution in [-0.4, -0.2) is 24.1 Å². The van der Waals surface area contributed by atoms with Crippen molar-refractivity contribution in [2.45, 2.75) is 123 Å². The average Bonchev–Trinajstić information content (AvgIpc) is 3.32. The lowest BCUT2D eigenvalue weighted by Gasteiger charge is -2.26. The van der Waals surface area contributed by atoms with Gasteiger partial charge in [-0.1, -0.05) is 77.9 Å². The molecule has 0 saturated heterocycles. The van der Waals surface area contributed by atoms with Crippen LogP contribution in [0.5, 0.6) is 0 Å². The molecule has 0 heterocycles. The van der Waals surface area contributed by atoms with Crippen molar-refractivity contribution in [3.05, 3.63) is 24.3 Å². The van der Waals surface area contributed by atoms with Gasteiger partial charge >= 0.3 is 11.9 Å². The molecule has 0 amide bonds. The molecule has 2 aliphatic rings. The number of unbranched alkanes of at least 4 members (excludes halogenated alkanes) is 9. The monoisotopic (exact) mass is 434 g/mol. The average molecular weight is 435 g/mol. The van der Waals surface area contributed by atoms with Gasteiger partial charge in [-0.25, -0.2) is 9.59 Å². The molecule has 2 rings (SSSR count). The summed E-state index contributed by atoms with van der Waals surface area (Å²) in [5, 5.41) is 0. The lowest BCUT2D eigenvalue weighted by Crippen LogP contribution is -2.30. The van der Waals surface area contributed by atoms with Crippen molar-refractivity contribution in [3.8, 4) is 0 Å². The smallest absolute Gasteiger partial charge is 0.333 e. The van der Waals surface area contributed by atoms with Crippen LogP contribution in [0.15, 0.2) is 24.3 Å². The maximum atomic E-state index is 11.4. The van der Waals surface area contributed by atoms with Crippen LogP contribution in [0.25, 0.3) is 0 Å². The molecule has 4 nitrogen and oxygen atoms in total. The minimum Gasteiger partial charge on any atom is -0.462 e. The Kier molecular flexibility index (Phi) is 13.5. The Morgan fingerprint density at radius 2 is 1.29 bits per heavy atom. The number of fused-ring (bicyclic) bond motifs is 2. The van der Waals surface area contributed by atoms with Gasteiger partial charge in [0.15, 0.2) is 0 Å². The van der Waals surface area contributed by atoms with Gasteiger partial charge in [-0.15, -0.1) is 0 Å². The molecule has 0 aromatic carbocycles. The maximum absolute atomic E-state index is 11.4. The van der Waals surface area contributed by atoms with E-state index >= 15 is 0 Å². The first-order valence-corrected chi connectivity index (χ1v) is 12.5. The fourth-order valence-corrected chi connectivity index (χ4v) is 4.44. The third-order valence-corrected chi connectivity index (χ3v) is 6.41. The van der Waals surface area contributed by atoms with Crippen LogP contribution in [0.2, 0.25) is 0 Å². The van der Waals surface area contributed by atoms with Gasteiger partial charge in [0.1, 0.15) is 5.60 Å². The van der Waals surface area contributed by atoms with E-state index in [1.54, 1.807) is 13.8 Å². The summed E-state index contributed by atoms with van der Waals surface area (Å²) in [5.74, 6) is 0.353. The lowest BCUT2D eigenvalue weighted by molar-refractivity contribution is -0.153. The van der Waals surface area contributed by atoms with Crippen LogP contribution < -0.4 is 0 Å². The first-order valence-electron chi connectivity index (χ1n) is 12.5. The molecule has 2 fully saturated rings. The standard InChI is InChI=1S/C16H30O2.C11H16O2/c1-4-5-6-7-8-9-10-11-12-13-14-18-16(17)15(2)3;1-8(2)10(12)13-11-5-3-9(7-11)4-6-11/h2,4-14H2,1,3H3;9H,1,3-7H2,2H3. The number of ether oxygens (including phenoxy) is 2. The predicted octanol–water partition coefficient (Wildman–Crippen LogP) is 7.47. The molecule has 0 aromatic heterocycles. The molecular formula is C27H46O4. The van der Waals surface area contributed by atoms with Gasteiger partial charge in [-0.2, -0.15) is 0 Å². The number of esters is 2. The van der Waals surface area contributed by atoms with Gasteiger partial charge in [0.05, 0.1) is 6.61 Å². The summed E-state index contributed by atoms with van der Waals surface area (Å²) in [6.45, 7) is 13.3. The summed E-state index contributed by atoms with van der Waals surface area (Å²) in [6.07, 6.45) is 18.7. The van der Waals surface area contributed by atoms with E-state index in [4.69, 9.17) is 9.47 Å². The van der Waals surface area contributed by atoms with Gasteiger partial charge in [-0.05, 0) is 58.3 Å². The molecule has 4 heteroatoms. The van der Waals surface area contributed by atoms with Gasteiger partial charge in [0.2, 0.25) is 0 Å². The van der Waals surface area contributed by atoms with E-state index in [-0.39, 0.29) is 17.5 Å². The van der Waals surface area contributed by atoms with E-state index in [9.17, 15) is 9.59 Å². The van der Waals surface area contributed by atoms with E-state index in [0.29, 0.717) is 17.8 Å². The van der Waals surface area contributed by atoms with E-state index < -0.39 is 0 Å². The number of carbonyl (C=O) groups excluding carboxylic acids is 2. The summed E-state index contributed by atoms with van der Waals surface area (Å²) in [6, 6.07) is 0. The van der Waals surface area contributed by atoms with Gasteiger partial charge < -0.3 is 9.47 Å². The second-order valence-corrected chi connectivity index (χ2v) is 9.60. The molecule has 0 radical (unpaired) electrons. The number of carbonyl (C=O) groups is 2. The van der Waals surface area contributed by atoms with Crippen molar-refractivity contribution < 1.29 is 19.1 Å². The minimum absolute atomic E-state index is 0.0965. The van der Waals surface area contributed by atoms with Gasteiger partial charge in [-0.3, -0.25) is 0 Å². The lowest BCUT2D eigenvalue weighted by atomic mass is 9.97. The summed E-state index contributed by atoms with van der Waals surface area (Å²) < 4.78 is 10.5. The Bertz CT molecular complexity index is 570. The normalized spacial score (nSPS) is 21.2. The molecule has 31 heavy (non-hydrogen) atoms. The Morgan fingerprint density at radius 1 is 0.806 bits per heavy atom. The van der Waals surface area contributed by atoms with Crippen LogP contribution in [0.4, 0.5) is 0 Å². The Balaban J connectivity index is 0.000000323. The zero-order valence-electron chi connectivity index (χ0n) is 20.4. The molecule has 2 saturated carbocycles. The van der Waals surface area contributed by atoms with E-state index in [0.717, 1.165) is 31.6 Å². The molecule has 0 unspecified atom stereocenters. The highest BCUT2D eigenvalue weighted by atomic mass is 16.6. The predicted molar refractivity (Wildman–Crippen MR) is 128 cm³/mol. The van der Waals surface area contributed by atoms with Crippen LogP contribution in [-0.2, 0) is 19.1 Å². The Hall–Kier alpha value is -1.58. The fourth-order valence-electron chi connectivity index (χ4n) is 4.44. The van der Waals surface area contributed by atoms with Crippen LogP contribution >= 0.6 is 0 Å². The Labute approximate surface area is 190 Å². The zero-order valence-corrected chi connectivity index (χ0v) is 20.4. The van der Waals surface area contributed by atoms with E-state index in [2.05, 4.69) is 20.1 Å². The Morgan fingerprint density at radius 3 is 1.71 bits per heavy atom. The molecule has 2 aliphatic carbocycles. The van der Waals surface area contributed by atoms with Crippen LogP contribution in [0.1, 0.15) is 117 Å². The van der Waals surface area contributed by atoms with Crippen molar-refractivity contribution in [2.75, 3.05) is 6.61 Å². The number of hydrogen-bond donors (Lipinski definition) is 0. The summed E-state index contributed by atoms with van der Waals surface area (Å²) in [7, 11) is 0. The molecule has 0 spiro atoms. The van der Waals surface area contributed by atoms with Crippen molar-refractivity contribution in [1.82, 2.24) is 0 Å². The highest BCUT2D eigenvalue weighted by molar-refractivity contribution is 5.87. The summed E-state index contributed by atoms with van der Waals surface area (Å²) in [4.78, 5) is 22.4. The highest BCUT2D eigenvalue weighted by Crippen LogP contribution is 2.50. The summed E-state index contributed by atoms with van der Waals surface area (Å²) in [5.41, 5.74) is 0.910. The number of rotatable bonds is 14. The second kappa shape index (κ2) is 15.3. The van der Waals surface area contributed by atoms with Gasteiger partial charge in [0, 0.05) is 11.1 Å². The first kappa shape index (κ1) is 27.5. The molecule has 0 aromatic rings. The van der Waals surface area contributed by atoms with Crippen molar-refractivity contribution in [1.29, 1.82) is 0 Å². The van der Waals surface area contributed by atoms with Crippen molar-refractivity contribution in [2.24, 2.45) is 5.92 Å². The third-order valence-electron chi connectivity index (χ3n) is 6.41. The molecule has 178 valence electrons. The van der Waals surface area contributed by atoms with Gasteiger partial charge in [0.25, 0.3) is 0 Å². The molecule has 2 bridgehead atoms. The highest BCUT2D eigenvalue weighted by Gasteiger charge is 2.47. The minimum atomic E-state index is -0.258. The van der Waals surface area contributed by atoms with Crippen LogP contribution in [0, 0.1) is 5.92 Å². The second-order valence-electron chi connectivity index (χ2n) is 9.60. The van der Waals surface area contributed by atoms with Crippen LogP contribution in [0.3, 0.4) is 0 Å². The zero-order chi connectivity index (χ0) is 23.1. The van der Waals surface area contributed by atoms with Crippen molar-refractivity contribution >= 4 is 11.9 Å². The van der Waals surface area contributed by atoms with E-state index in [1.165, 1.54) is 70.6 Å². The first-order chi connectivity index (χ1) is 14.8. The SMILES string of the molecule is C=C(C)C(=O)OC12CCC(CC1)C2.C=C(C)C(=O)OCCCCCCCCCCCC. The third kappa shape index (κ3) is 11.6. The summed E-state index contributed by atoms with van der Waals surface area (Å²) >= 11 is 0. The largest absolute Gasteiger partial charge is 0.462 e. The molecule has 0 aliphatic heterocycles. The fraction of sp³-hybridized carbons (Fsp3) is 0.778. The maximum Gasteiger partial charge on any atom is 0.333 e. The topological polar surface area (TPSA) is 52.6 Å².